The Morgan fingerprint density at radius 2 is 1.92 bits per heavy atom. The molecule has 2 aromatic rings. The minimum Gasteiger partial charge on any atom is -0.488 e. The maximum atomic E-state index is 12.9. The number of rotatable bonds is 6. The van der Waals surface area contributed by atoms with Gasteiger partial charge in [0.2, 0.25) is 0 Å². The molecule has 0 radical (unpaired) electrons. The van der Waals surface area contributed by atoms with Crippen LogP contribution in [0.2, 0.25) is 0 Å². The van der Waals surface area contributed by atoms with E-state index in [0.29, 0.717) is 17.2 Å². The lowest BCUT2D eigenvalue weighted by Gasteiger charge is -2.10. The number of nitrogens with one attached hydrogen (secondary N) is 1. The molecule has 0 unspecified atom stereocenters. The van der Waals surface area contributed by atoms with Crippen molar-refractivity contribution in [3.8, 4) is 5.75 Å². The number of para-hydroxylation sites is 1. The summed E-state index contributed by atoms with van der Waals surface area (Å²) in [5, 5.41) is 4.15. The van der Waals surface area contributed by atoms with Gasteiger partial charge in [-0.05, 0) is 55.5 Å². The van der Waals surface area contributed by atoms with Crippen LogP contribution in [0.5, 0.6) is 5.75 Å². The Morgan fingerprint density at radius 3 is 2.62 bits per heavy atom. The molecule has 1 saturated carbocycles. The zero-order valence-electron chi connectivity index (χ0n) is 13.5. The first-order valence-electron chi connectivity index (χ1n) is 7.94. The van der Waals surface area contributed by atoms with Crippen LogP contribution >= 0.6 is 0 Å². The van der Waals surface area contributed by atoms with Gasteiger partial charge in [-0.25, -0.2) is 9.82 Å². The number of halogens is 1. The van der Waals surface area contributed by atoms with Crippen molar-refractivity contribution in [2.45, 2.75) is 26.4 Å². The van der Waals surface area contributed by atoms with Crippen LogP contribution in [0.25, 0.3) is 0 Å². The Balaban J connectivity index is 1.66. The van der Waals surface area contributed by atoms with Crippen LogP contribution in [-0.2, 0) is 6.61 Å². The molecule has 0 aromatic heterocycles. The standard InChI is InChI=1S/C19H19FN2O2/c1-13(15-8-9-15)21-22-19(23)17-4-2-3-5-18(17)24-12-14-6-10-16(20)11-7-14/h2-7,10-11,15H,8-9,12H2,1H3,(H,22,23)/b21-13-. The summed E-state index contributed by atoms with van der Waals surface area (Å²) >= 11 is 0. The van der Waals surface area contributed by atoms with Gasteiger partial charge in [-0.3, -0.25) is 4.79 Å². The van der Waals surface area contributed by atoms with Crippen LogP contribution in [0.4, 0.5) is 4.39 Å². The Hall–Kier alpha value is -2.69. The summed E-state index contributed by atoms with van der Waals surface area (Å²) in [6, 6.07) is 13.1. The van der Waals surface area contributed by atoms with Crippen LogP contribution in [0.1, 0.15) is 35.7 Å². The molecule has 0 spiro atoms. The third-order valence-corrected chi connectivity index (χ3v) is 3.94. The lowest BCUT2D eigenvalue weighted by molar-refractivity contribution is 0.0950. The zero-order valence-corrected chi connectivity index (χ0v) is 13.5. The molecular formula is C19H19FN2O2. The minimum atomic E-state index is -0.301. The molecule has 1 fully saturated rings. The molecule has 124 valence electrons. The number of amides is 1. The van der Waals surface area contributed by atoms with Gasteiger partial charge >= 0.3 is 0 Å². The summed E-state index contributed by atoms with van der Waals surface area (Å²) in [6.07, 6.45) is 2.28. The Bertz CT molecular complexity index is 752. The van der Waals surface area contributed by atoms with Crippen molar-refractivity contribution in [3.05, 3.63) is 65.5 Å². The van der Waals surface area contributed by atoms with Crippen molar-refractivity contribution < 1.29 is 13.9 Å². The Morgan fingerprint density at radius 1 is 1.21 bits per heavy atom. The highest BCUT2D eigenvalue weighted by atomic mass is 19.1. The first kappa shape index (κ1) is 16.2. The molecule has 0 atom stereocenters. The average Bonchev–Trinajstić information content (AvgIpc) is 3.44. The SMILES string of the molecule is C/C(=N/NC(=O)c1ccccc1OCc1ccc(F)cc1)C1CC1. The van der Waals surface area contributed by atoms with Gasteiger partial charge in [0.15, 0.2) is 0 Å². The molecule has 1 aliphatic rings. The number of benzene rings is 2. The van der Waals surface area contributed by atoms with Crippen molar-refractivity contribution in [2.75, 3.05) is 0 Å². The minimum absolute atomic E-state index is 0.259. The predicted molar refractivity (Wildman–Crippen MR) is 90.5 cm³/mol. The third kappa shape index (κ3) is 4.19. The second-order valence-corrected chi connectivity index (χ2v) is 5.88. The van der Waals surface area contributed by atoms with Gasteiger partial charge in [-0.1, -0.05) is 24.3 Å². The Labute approximate surface area is 140 Å². The molecule has 1 N–H and O–H groups in total. The van der Waals surface area contributed by atoms with E-state index in [1.165, 1.54) is 12.1 Å². The molecule has 24 heavy (non-hydrogen) atoms. The third-order valence-electron chi connectivity index (χ3n) is 3.94. The summed E-state index contributed by atoms with van der Waals surface area (Å²) in [5.74, 6) is 0.390. The van der Waals surface area contributed by atoms with E-state index >= 15 is 0 Å². The van der Waals surface area contributed by atoms with Gasteiger partial charge in [0.05, 0.1) is 5.56 Å². The highest BCUT2D eigenvalue weighted by molar-refractivity contribution is 5.98. The monoisotopic (exact) mass is 326 g/mol. The van der Waals surface area contributed by atoms with E-state index in [1.807, 2.05) is 6.92 Å². The molecule has 3 rings (SSSR count). The second-order valence-electron chi connectivity index (χ2n) is 5.88. The average molecular weight is 326 g/mol. The van der Waals surface area contributed by atoms with E-state index in [1.54, 1.807) is 36.4 Å². The van der Waals surface area contributed by atoms with Gasteiger partial charge in [-0.2, -0.15) is 5.10 Å². The van der Waals surface area contributed by atoms with Crippen LogP contribution in [0.15, 0.2) is 53.6 Å². The summed E-state index contributed by atoms with van der Waals surface area (Å²) in [4.78, 5) is 12.3. The molecule has 4 nitrogen and oxygen atoms in total. The first-order valence-corrected chi connectivity index (χ1v) is 7.94. The van der Waals surface area contributed by atoms with Crippen LogP contribution < -0.4 is 10.2 Å². The summed E-state index contributed by atoms with van der Waals surface area (Å²) in [6.45, 7) is 2.18. The number of hydrazone groups is 1. The molecule has 0 heterocycles. The van der Waals surface area contributed by atoms with E-state index in [-0.39, 0.29) is 18.3 Å². The number of hydrogen-bond donors (Lipinski definition) is 1. The number of nitrogens with zero attached hydrogens (tertiary/aromatic N) is 1. The fraction of sp³-hybridized carbons (Fsp3) is 0.263. The maximum absolute atomic E-state index is 12.9. The molecule has 5 heteroatoms. The number of hydrogen-bond acceptors (Lipinski definition) is 3. The van der Waals surface area contributed by atoms with E-state index in [0.717, 1.165) is 24.1 Å². The van der Waals surface area contributed by atoms with Crippen molar-refractivity contribution in [2.24, 2.45) is 11.0 Å². The quantitative estimate of drug-likeness (QED) is 0.646. The fourth-order valence-corrected chi connectivity index (χ4v) is 2.31. The van der Waals surface area contributed by atoms with Gasteiger partial charge in [0, 0.05) is 5.71 Å². The van der Waals surface area contributed by atoms with Gasteiger partial charge < -0.3 is 4.74 Å². The zero-order chi connectivity index (χ0) is 16.9. The van der Waals surface area contributed by atoms with Crippen molar-refractivity contribution in [1.29, 1.82) is 0 Å². The van der Waals surface area contributed by atoms with Gasteiger partial charge in [0.1, 0.15) is 18.2 Å². The highest BCUT2D eigenvalue weighted by Gasteiger charge is 2.24. The van der Waals surface area contributed by atoms with E-state index in [4.69, 9.17) is 4.74 Å². The van der Waals surface area contributed by atoms with E-state index in [2.05, 4.69) is 10.5 Å². The normalized spacial score (nSPS) is 14.3. The largest absolute Gasteiger partial charge is 0.488 e. The summed E-state index contributed by atoms with van der Waals surface area (Å²) in [5.41, 5.74) is 4.79. The summed E-state index contributed by atoms with van der Waals surface area (Å²) in [7, 11) is 0. The Kier molecular flexibility index (Phi) is 4.89. The molecule has 0 saturated heterocycles. The van der Waals surface area contributed by atoms with Crippen molar-refractivity contribution >= 4 is 11.6 Å². The number of carbonyl (C=O) groups is 1. The predicted octanol–water partition coefficient (Wildman–Crippen LogP) is 3.92. The topological polar surface area (TPSA) is 50.7 Å². The molecule has 1 aliphatic carbocycles. The highest BCUT2D eigenvalue weighted by Crippen LogP contribution is 2.30. The molecule has 0 aliphatic heterocycles. The van der Waals surface area contributed by atoms with Crippen LogP contribution in [-0.4, -0.2) is 11.6 Å². The maximum Gasteiger partial charge on any atom is 0.275 e. The van der Waals surface area contributed by atoms with Crippen LogP contribution in [0, 0.1) is 11.7 Å². The number of carbonyl (C=O) groups excluding carboxylic acids is 1. The van der Waals surface area contributed by atoms with Gasteiger partial charge in [0.25, 0.3) is 5.91 Å². The number of ether oxygens (including phenoxy) is 1. The van der Waals surface area contributed by atoms with Crippen molar-refractivity contribution in [3.63, 3.8) is 0 Å². The fourth-order valence-electron chi connectivity index (χ4n) is 2.31. The lowest BCUT2D eigenvalue weighted by atomic mass is 10.2. The smallest absolute Gasteiger partial charge is 0.275 e. The van der Waals surface area contributed by atoms with E-state index in [9.17, 15) is 9.18 Å². The first-order chi connectivity index (χ1) is 11.6. The van der Waals surface area contributed by atoms with Crippen molar-refractivity contribution in [1.82, 2.24) is 5.43 Å². The molecular weight excluding hydrogens is 307 g/mol. The van der Waals surface area contributed by atoms with Gasteiger partial charge in [-0.15, -0.1) is 0 Å². The summed E-state index contributed by atoms with van der Waals surface area (Å²) < 4.78 is 18.6. The van der Waals surface area contributed by atoms with Crippen LogP contribution in [0.3, 0.4) is 0 Å². The lowest BCUT2D eigenvalue weighted by Crippen LogP contribution is -2.20. The van der Waals surface area contributed by atoms with E-state index < -0.39 is 0 Å². The molecule has 2 aromatic carbocycles. The molecule has 1 amide bonds. The molecule has 0 bridgehead atoms. The second kappa shape index (κ2) is 7.25.